The number of halogens is 2. The number of sulfonamides is 1. The molecule has 0 N–H and O–H groups in total. The first-order valence-corrected chi connectivity index (χ1v) is 9.32. The summed E-state index contributed by atoms with van der Waals surface area (Å²) in [5.74, 6) is -2.19. The lowest BCUT2D eigenvalue weighted by atomic mass is 10.2. The van der Waals surface area contributed by atoms with E-state index in [0.29, 0.717) is 19.2 Å². The molecule has 0 radical (unpaired) electrons. The van der Waals surface area contributed by atoms with E-state index in [1.807, 2.05) is 0 Å². The van der Waals surface area contributed by atoms with Crippen LogP contribution in [-0.2, 0) is 19.6 Å². The molecule has 0 aliphatic carbocycles. The van der Waals surface area contributed by atoms with Gasteiger partial charge in [-0.2, -0.15) is 4.31 Å². The van der Waals surface area contributed by atoms with Crippen molar-refractivity contribution >= 4 is 16.0 Å². The van der Waals surface area contributed by atoms with Crippen molar-refractivity contribution in [3.63, 3.8) is 0 Å². The molecule has 1 fully saturated rings. The predicted molar refractivity (Wildman–Crippen MR) is 87.4 cm³/mol. The van der Waals surface area contributed by atoms with Gasteiger partial charge in [-0.1, -0.05) is 0 Å². The largest absolute Gasteiger partial charge is 0.459 e. The van der Waals surface area contributed by atoms with Crippen LogP contribution in [0.25, 0.3) is 0 Å². The minimum Gasteiger partial charge on any atom is -0.459 e. The van der Waals surface area contributed by atoms with Crippen molar-refractivity contribution in [3.05, 3.63) is 29.8 Å². The van der Waals surface area contributed by atoms with Crippen molar-refractivity contribution in [2.75, 3.05) is 32.7 Å². The van der Waals surface area contributed by atoms with Crippen molar-refractivity contribution in [2.45, 2.75) is 31.3 Å². The highest BCUT2D eigenvalue weighted by Gasteiger charge is 2.32. The van der Waals surface area contributed by atoms with Crippen molar-refractivity contribution in [3.8, 4) is 0 Å². The van der Waals surface area contributed by atoms with Gasteiger partial charge in [0.05, 0.1) is 6.54 Å². The molecule has 6 nitrogen and oxygen atoms in total. The molecule has 1 aliphatic rings. The standard InChI is InChI=1S/C16H22F2N2O4S/c1-16(2,3)24-15(21)11-19-6-8-20(9-7-19)25(22,23)14-10-12(17)4-5-13(14)18/h4-5,10H,6-9,11H2,1-3H3. The fraction of sp³-hybridized carbons (Fsp3) is 0.562. The molecule has 0 unspecified atom stereocenters. The topological polar surface area (TPSA) is 66.9 Å². The molecule has 1 aromatic rings. The summed E-state index contributed by atoms with van der Waals surface area (Å²) < 4.78 is 58.4. The van der Waals surface area contributed by atoms with E-state index in [4.69, 9.17) is 4.74 Å². The molecule has 140 valence electrons. The van der Waals surface area contributed by atoms with Gasteiger partial charge in [0.2, 0.25) is 10.0 Å². The SMILES string of the molecule is CC(C)(C)OC(=O)CN1CCN(S(=O)(=O)c2cc(F)ccc2F)CC1. The lowest BCUT2D eigenvalue weighted by Gasteiger charge is -2.33. The monoisotopic (exact) mass is 376 g/mol. The Morgan fingerprint density at radius 1 is 1.16 bits per heavy atom. The van der Waals surface area contributed by atoms with Gasteiger partial charge < -0.3 is 4.74 Å². The summed E-state index contributed by atoms with van der Waals surface area (Å²) >= 11 is 0. The second kappa shape index (κ2) is 7.35. The molecular weight excluding hydrogens is 354 g/mol. The average Bonchev–Trinajstić information content (AvgIpc) is 2.48. The number of esters is 1. The molecule has 0 amide bonds. The molecule has 1 saturated heterocycles. The van der Waals surface area contributed by atoms with Crippen LogP contribution in [0.5, 0.6) is 0 Å². The maximum absolute atomic E-state index is 13.8. The Kier molecular flexibility index (Phi) is 5.80. The molecular formula is C16H22F2N2O4S. The van der Waals surface area contributed by atoms with E-state index in [1.165, 1.54) is 0 Å². The predicted octanol–water partition coefficient (Wildman–Crippen LogP) is 1.61. The summed E-state index contributed by atoms with van der Waals surface area (Å²) in [5.41, 5.74) is -0.586. The zero-order valence-electron chi connectivity index (χ0n) is 14.5. The fourth-order valence-corrected chi connectivity index (χ4v) is 4.00. The number of rotatable bonds is 4. The van der Waals surface area contributed by atoms with Gasteiger partial charge in [0.25, 0.3) is 0 Å². The summed E-state index contributed by atoms with van der Waals surface area (Å²) in [6.07, 6.45) is 0. The molecule has 0 aromatic heterocycles. The van der Waals surface area contributed by atoms with Gasteiger partial charge in [-0.3, -0.25) is 9.69 Å². The van der Waals surface area contributed by atoms with Crippen molar-refractivity contribution < 1.29 is 26.7 Å². The maximum atomic E-state index is 13.8. The van der Waals surface area contributed by atoms with E-state index in [1.54, 1.807) is 25.7 Å². The normalized spacial score (nSPS) is 17.5. The molecule has 9 heteroatoms. The smallest absolute Gasteiger partial charge is 0.320 e. The molecule has 1 aromatic carbocycles. The molecule has 25 heavy (non-hydrogen) atoms. The van der Waals surface area contributed by atoms with Crippen LogP contribution in [0.3, 0.4) is 0 Å². The molecule has 0 atom stereocenters. The van der Waals surface area contributed by atoms with Crippen LogP contribution in [0.4, 0.5) is 8.78 Å². The third-order valence-electron chi connectivity index (χ3n) is 3.62. The van der Waals surface area contributed by atoms with Crippen LogP contribution in [-0.4, -0.2) is 61.9 Å². The summed E-state index contributed by atoms with van der Waals surface area (Å²) in [5, 5.41) is 0. The number of hydrogen-bond donors (Lipinski definition) is 0. The van der Waals surface area contributed by atoms with Crippen LogP contribution in [0, 0.1) is 11.6 Å². The van der Waals surface area contributed by atoms with Gasteiger partial charge in [-0.15, -0.1) is 0 Å². The highest BCUT2D eigenvalue weighted by molar-refractivity contribution is 7.89. The molecule has 1 aliphatic heterocycles. The molecule has 2 rings (SSSR count). The first kappa shape index (κ1) is 19.7. The number of carbonyl (C=O) groups excluding carboxylic acids is 1. The van der Waals surface area contributed by atoms with E-state index in [2.05, 4.69) is 0 Å². The van der Waals surface area contributed by atoms with Gasteiger partial charge in [0, 0.05) is 26.2 Å². The van der Waals surface area contributed by atoms with E-state index >= 15 is 0 Å². The minimum absolute atomic E-state index is 0.0550. The Morgan fingerprint density at radius 3 is 2.32 bits per heavy atom. The first-order valence-electron chi connectivity index (χ1n) is 7.88. The van der Waals surface area contributed by atoms with Gasteiger partial charge in [0.1, 0.15) is 22.1 Å². The molecule has 0 bridgehead atoms. The van der Waals surface area contributed by atoms with Crippen LogP contribution < -0.4 is 0 Å². The van der Waals surface area contributed by atoms with Crippen LogP contribution >= 0.6 is 0 Å². The Hall–Kier alpha value is -1.58. The summed E-state index contributed by atoms with van der Waals surface area (Å²) in [7, 11) is -4.12. The number of nitrogens with zero attached hydrogens (tertiary/aromatic N) is 2. The van der Waals surface area contributed by atoms with Crippen LogP contribution in [0.1, 0.15) is 20.8 Å². The lowest BCUT2D eigenvalue weighted by molar-refractivity contribution is -0.156. The van der Waals surface area contributed by atoms with E-state index in [0.717, 1.165) is 16.4 Å². The average molecular weight is 376 g/mol. The summed E-state index contributed by atoms with van der Waals surface area (Å²) in [6.45, 7) is 6.13. The maximum Gasteiger partial charge on any atom is 0.320 e. The fourth-order valence-electron chi connectivity index (χ4n) is 2.50. The Balaban J connectivity index is 1.99. The second-order valence-corrected chi connectivity index (χ2v) is 8.75. The van der Waals surface area contributed by atoms with Gasteiger partial charge in [0.15, 0.2) is 0 Å². The van der Waals surface area contributed by atoms with Crippen molar-refractivity contribution in [2.24, 2.45) is 0 Å². The second-order valence-electron chi connectivity index (χ2n) is 6.84. The highest BCUT2D eigenvalue weighted by Crippen LogP contribution is 2.21. The van der Waals surface area contributed by atoms with Gasteiger partial charge >= 0.3 is 5.97 Å². The minimum atomic E-state index is -4.12. The Labute approximate surface area is 146 Å². The molecule has 1 heterocycles. The zero-order valence-corrected chi connectivity index (χ0v) is 15.3. The summed E-state index contributed by atoms with van der Waals surface area (Å²) in [6, 6.07) is 2.34. The Bertz CT molecular complexity index is 739. The van der Waals surface area contributed by atoms with Crippen LogP contribution in [0.2, 0.25) is 0 Å². The number of piperazine rings is 1. The number of ether oxygens (including phenoxy) is 1. The van der Waals surface area contributed by atoms with E-state index in [9.17, 15) is 22.0 Å². The lowest BCUT2D eigenvalue weighted by Crippen LogP contribution is -2.50. The third kappa shape index (κ3) is 5.20. The van der Waals surface area contributed by atoms with Crippen molar-refractivity contribution in [1.29, 1.82) is 0 Å². The summed E-state index contributed by atoms with van der Waals surface area (Å²) in [4.78, 5) is 12.9. The number of carbonyl (C=O) groups is 1. The molecule has 0 spiro atoms. The molecule has 0 saturated carbocycles. The van der Waals surface area contributed by atoms with E-state index < -0.39 is 32.2 Å². The van der Waals surface area contributed by atoms with E-state index in [-0.39, 0.29) is 25.6 Å². The number of hydrogen-bond acceptors (Lipinski definition) is 5. The first-order chi connectivity index (χ1) is 11.5. The highest BCUT2D eigenvalue weighted by atomic mass is 32.2. The van der Waals surface area contributed by atoms with Gasteiger partial charge in [-0.25, -0.2) is 17.2 Å². The zero-order chi connectivity index (χ0) is 18.8. The van der Waals surface area contributed by atoms with Gasteiger partial charge in [-0.05, 0) is 39.0 Å². The number of benzene rings is 1. The quantitative estimate of drug-likeness (QED) is 0.747. The Morgan fingerprint density at radius 2 is 1.76 bits per heavy atom. The van der Waals surface area contributed by atoms with Crippen LogP contribution in [0.15, 0.2) is 23.1 Å². The third-order valence-corrected chi connectivity index (χ3v) is 5.53. The van der Waals surface area contributed by atoms with Crippen molar-refractivity contribution in [1.82, 2.24) is 9.21 Å².